The molecule has 0 bridgehead atoms. The molecule has 0 radical (unpaired) electrons. The SMILES string of the molecule is CNCc1cc(S(=O)(=O)NCC(C)N(C)C)cn1C1CC1. The number of likely N-dealkylation sites (N-methyl/N-ethyl adjacent to an activating group) is 1. The highest BCUT2D eigenvalue weighted by Crippen LogP contribution is 2.37. The number of nitrogens with zero attached hydrogens (tertiary/aromatic N) is 2. The second-order valence-corrected chi connectivity index (χ2v) is 7.77. The van der Waals surface area contributed by atoms with Crippen molar-refractivity contribution < 1.29 is 8.42 Å². The standard InChI is InChI=1S/C14H26N4O2S/c1-11(17(3)4)8-16-21(19,20)14-7-13(9-15-2)18(10-14)12-5-6-12/h7,10-12,15-16H,5-6,8-9H2,1-4H3. The number of sulfonamides is 1. The van der Waals surface area contributed by atoms with Crippen LogP contribution in [0.4, 0.5) is 0 Å². The molecule has 0 aliphatic heterocycles. The molecule has 0 aromatic carbocycles. The molecule has 1 aromatic heterocycles. The fourth-order valence-corrected chi connectivity index (χ4v) is 3.33. The molecule has 21 heavy (non-hydrogen) atoms. The molecule has 1 aliphatic rings. The number of hydrogen-bond acceptors (Lipinski definition) is 4. The lowest BCUT2D eigenvalue weighted by Gasteiger charge is -2.19. The average Bonchev–Trinajstić information content (AvgIpc) is 3.17. The Hall–Kier alpha value is -0.890. The van der Waals surface area contributed by atoms with Gasteiger partial charge in [0.15, 0.2) is 0 Å². The van der Waals surface area contributed by atoms with Gasteiger partial charge in [0.05, 0.1) is 4.90 Å². The molecule has 1 fully saturated rings. The van der Waals surface area contributed by atoms with E-state index in [2.05, 4.69) is 14.6 Å². The van der Waals surface area contributed by atoms with Crippen LogP contribution in [-0.4, -0.2) is 51.6 Å². The van der Waals surface area contributed by atoms with Crippen molar-refractivity contribution in [1.29, 1.82) is 0 Å². The van der Waals surface area contributed by atoms with Crippen LogP contribution in [0.1, 0.15) is 31.5 Å². The maximum atomic E-state index is 12.4. The second kappa shape index (κ2) is 6.48. The van der Waals surface area contributed by atoms with E-state index in [0.29, 0.717) is 24.0 Å². The van der Waals surface area contributed by atoms with Gasteiger partial charge in [-0.05, 0) is 47.0 Å². The third kappa shape index (κ3) is 4.06. The fraction of sp³-hybridized carbons (Fsp3) is 0.714. The lowest BCUT2D eigenvalue weighted by Crippen LogP contribution is -2.38. The van der Waals surface area contributed by atoms with Gasteiger partial charge in [0.1, 0.15) is 0 Å². The summed E-state index contributed by atoms with van der Waals surface area (Å²) in [6.45, 7) is 3.08. The molecule has 1 saturated carbocycles. The normalized spacial score (nSPS) is 17.4. The van der Waals surface area contributed by atoms with E-state index in [1.165, 1.54) is 0 Å². The Kier molecular flexibility index (Phi) is 5.08. The molecule has 1 unspecified atom stereocenters. The lowest BCUT2D eigenvalue weighted by molar-refractivity contribution is 0.314. The van der Waals surface area contributed by atoms with E-state index < -0.39 is 10.0 Å². The highest BCUT2D eigenvalue weighted by atomic mass is 32.2. The van der Waals surface area contributed by atoms with Gasteiger partial charge in [0.25, 0.3) is 0 Å². The van der Waals surface area contributed by atoms with Crippen LogP contribution in [0.5, 0.6) is 0 Å². The van der Waals surface area contributed by atoms with Crippen molar-refractivity contribution in [3.05, 3.63) is 18.0 Å². The molecule has 0 saturated heterocycles. The van der Waals surface area contributed by atoms with Crippen molar-refractivity contribution in [2.75, 3.05) is 27.7 Å². The Balaban J connectivity index is 2.14. The van der Waals surface area contributed by atoms with E-state index >= 15 is 0 Å². The van der Waals surface area contributed by atoms with Crippen molar-refractivity contribution in [3.8, 4) is 0 Å². The fourth-order valence-electron chi connectivity index (χ4n) is 2.16. The summed E-state index contributed by atoms with van der Waals surface area (Å²) >= 11 is 0. The summed E-state index contributed by atoms with van der Waals surface area (Å²) in [5.41, 5.74) is 1.03. The second-order valence-electron chi connectivity index (χ2n) is 6.00. The van der Waals surface area contributed by atoms with Crippen LogP contribution in [-0.2, 0) is 16.6 Å². The molecule has 1 atom stereocenters. The molecule has 1 aromatic rings. The summed E-state index contributed by atoms with van der Waals surface area (Å²) in [6, 6.07) is 2.40. The quantitative estimate of drug-likeness (QED) is 0.744. The van der Waals surface area contributed by atoms with Gasteiger partial charge in [-0.2, -0.15) is 0 Å². The summed E-state index contributed by atoms with van der Waals surface area (Å²) in [5.74, 6) is 0. The van der Waals surface area contributed by atoms with Crippen LogP contribution in [0.3, 0.4) is 0 Å². The zero-order chi connectivity index (χ0) is 15.6. The zero-order valence-electron chi connectivity index (χ0n) is 13.3. The molecule has 120 valence electrons. The molecular formula is C14H26N4O2S. The Morgan fingerprint density at radius 3 is 2.62 bits per heavy atom. The molecule has 1 heterocycles. The summed E-state index contributed by atoms with van der Waals surface area (Å²) in [7, 11) is 2.31. The van der Waals surface area contributed by atoms with Gasteiger partial charge in [-0.15, -0.1) is 0 Å². The van der Waals surface area contributed by atoms with E-state index in [4.69, 9.17) is 0 Å². The van der Waals surface area contributed by atoms with Gasteiger partial charge in [0.2, 0.25) is 10.0 Å². The first-order valence-electron chi connectivity index (χ1n) is 7.36. The zero-order valence-corrected chi connectivity index (χ0v) is 14.1. The molecule has 0 amide bonds. The van der Waals surface area contributed by atoms with Crippen LogP contribution in [0, 0.1) is 0 Å². The van der Waals surface area contributed by atoms with Crippen molar-refractivity contribution in [1.82, 2.24) is 19.5 Å². The maximum Gasteiger partial charge on any atom is 0.242 e. The molecule has 2 rings (SSSR count). The average molecular weight is 314 g/mol. The van der Waals surface area contributed by atoms with Crippen molar-refractivity contribution in [2.24, 2.45) is 0 Å². The number of hydrogen-bond donors (Lipinski definition) is 2. The van der Waals surface area contributed by atoms with Gasteiger partial charge >= 0.3 is 0 Å². The van der Waals surface area contributed by atoms with Crippen molar-refractivity contribution in [3.63, 3.8) is 0 Å². The number of aromatic nitrogens is 1. The van der Waals surface area contributed by atoms with Gasteiger partial charge in [-0.1, -0.05) is 0 Å². The summed E-state index contributed by atoms with van der Waals surface area (Å²) in [6.07, 6.45) is 4.04. The minimum atomic E-state index is -3.44. The van der Waals surface area contributed by atoms with E-state index in [9.17, 15) is 8.42 Å². The first-order chi connectivity index (χ1) is 9.85. The third-order valence-corrected chi connectivity index (χ3v) is 5.36. The third-order valence-electron chi connectivity index (χ3n) is 3.97. The topological polar surface area (TPSA) is 66.4 Å². The van der Waals surface area contributed by atoms with E-state index in [0.717, 1.165) is 18.5 Å². The Morgan fingerprint density at radius 2 is 2.10 bits per heavy atom. The first kappa shape index (κ1) is 16.5. The van der Waals surface area contributed by atoms with Gasteiger partial charge in [-0.3, -0.25) is 0 Å². The van der Waals surface area contributed by atoms with Gasteiger partial charge in [-0.25, -0.2) is 13.1 Å². The summed E-state index contributed by atoms with van der Waals surface area (Å²) in [5, 5.41) is 3.09. The molecule has 7 heteroatoms. The smallest absolute Gasteiger partial charge is 0.242 e. The van der Waals surface area contributed by atoms with Crippen molar-refractivity contribution in [2.45, 2.75) is 43.3 Å². The predicted molar refractivity (Wildman–Crippen MR) is 83.8 cm³/mol. The van der Waals surface area contributed by atoms with Crippen LogP contribution in [0.25, 0.3) is 0 Å². The highest BCUT2D eigenvalue weighted by molar-refractivity contribution is 7.89. The van der Waals surface area contributed by atoms with E-state index in [1.54, 1.807) is 12.3 Å². The minimum Gasteiger partial charge on any atom is -0.346 e. The number of nitrogens with one attached hydrogen (secondary N) is 2. The summed E-state index contributed by atoms with van der Waals surface area (Å²) < 4.78 is 29.6. The van der Waals surface area contributed by atoms with E-state index in [-0.39, 0.29) is 6.04 Å². The molecular weight excluding hydrogens is 288 g/mol. The van der Waals surface area contributed by atoms with Gasteiger partial charge < -0.3 is 14.8 Å². The molecule has 1 aliphatic carbocycles. The van der Waals surface area contributed by atoms with Crippen molar-refractivity contribution >= 4 is 10.0 Å². The van der Waals surface area contributed by atoms with E-state index in [1.807, 2.05) is 33.0 Å². The molecule has 0 spiro atoms. The maximum absolute atomic E-state index is 12.4. The van der Waals surface area contributed by atoms with Crippen LogP contribution in [0.2, 0.25) is 0 Å². The minimum absolute atomic E-state index is 0.155. The number of rotatable bonds is 8. The highest BCUT2D eigenvalue weighted by Gasteiger charge is 2.28. The van der Waals surface area contributed by atoms with Crippen LogP contribution < -0.4 is 10.0 Å². The summed E-state index contributed by atoms with van der Waals surface area (Å²) in [4.78, 5) is 2.36. The Morgan fingerprint density at radius 1 is 1.43 bits per heavy atom. The predicted octanol–water partition coefficient (Wildman–Crippen LogP) is 0.771. The van der Waals surface area contributed by atoms with Crippen LogP contribution in [0.15, 0.2) is 17.2 Å². The monoisotopic (exact) mass is 314 g/mol. The molecule has 6 nitrogen and oxygen atoms in total. The van der Waals surface area contributed by atoms with Gasteiger partial charge in [0, 0.05) is 37.1 Å². The van der Waals surface area contributed by atoms with Crippen LogP contribution >= 0.6 is 0 Å². The Labute approximate surface area is 127 Å². The lowest BCUT2D eigenvalue weighted by atomic mass is 10.3. The Bertz CT molecular complexity index is 576. The first-order valence-corrected chi connectivity index (χ1v) is 8.85. The molecule has 2 N–H and O–H groups in total. The largest absolute Gasteiger partial charge is 0.346 e.